The predicted molar refractivity (Wildman–Crippen MR) is 102 cm³/mol. The summed E-state index contributed by atoms with van der Waals surface area (Å²) in [4.78, 5) is 2.63. The third-order valence-electron chi connectivity index (χ3n) is 4.42. The van der Waals surface area contributed by atoms with Crippen molar-refractivity contribution in [1.82, 2.24) is 9.62 Å². The van der Waals surface area contributed by atoms with E-state index in [0.29, 0.717) is 17.1 Å². The molecule has 1 heterocycles. The standard InChI is InChI=1S/C17H28N2O4S.ClH/c1-5-8-19-9-6-14(7-10-19)18-24(20,21)17-12-16(23-4)15(22-3)11-13(17)2;/h11-12,14,18H,5-10H2,1-4H3;1H. The summed E-state index contributed by atoms with van der Waals surface area (Å²) in [6, 6.07) is 3.20. The maximum atomic E-state index is 12.8. The molecule has 1 aromatic rings. The Hall–Kier alpha value is -1.02. The summed E-state index contributed by atoms with van der Waals surface area (Å²) in [7, 11) is -0.546. The average molecular weight is 393 g/mol. The molecule has 25 heavy (non-hydrogen) atoms. The van der Waals surface area contributed by atoms with Gasteiger partial charge in [-0.15, -0.1) is 12.4 Å². The van der Waals surface area contributed by atoms with Crippen LogP contribution in [0.4, 0.5) is 0 Å². The average Bonchev–Trinajstić information content (AvgIpc) is 2.56. The summed E-state index contributed by atoms with van der Waals surface area (Å²) in [6.45, 7) is 6.88. The first-order valence-corrected chi connectivity index (χ1v) is 9.87. The molecule has 0 bridgehead atoms. The van der Waals surface area contributed by atoms with Crippen LogP contribution >= 0.6 is 12.4 Å². The number of piperidine rings is 1. The number of nitrogens with one attached hydrogen (secondary N) is 1. The Bertz CT molecular complexity index is 659. The number of methoxy groups -OCH3 is 2. The lowest BCUT2D eigenvalue weighted by Crippen LogP contribution is -2.44. The molecule has 0 aliphatic carbocycles. The van der Waals surface area contributed by atoms with Crippen LogP contribution in [0.2, 0.25) is 0 Å². The second-order valence-corrected chi connectivity index (χ2v) is 7.89. The van der Waals surface area contributed by atoms with Gasteiger partial charge in [0, 0.05) is 12.1 Å². The minimum atomic E-state index is -3.58. The molecule has 0 spiro atoms. The molecule has 0 amide bonds. The van der Waals surface area contributed by atoms with Gasteiger partial charge in [0.2, 0.25) is 10.0 Å². The molecule has 0 aromatic heterocycles. The molecule has 0 unspecified atom stereocenters. The first-order chi connectivity index (χ1) is 11.4. The Kier molecular flexibility index (Phi) is 8.47. The van der Waals surface area contributed by atoms with Crippen LogP contribution in [0.25, 0.3) is 0 Å². The van der Waals surface area contributed by atoms with Gasteiger partial charge in [0.15, 0.2) is 11.5 Å². The molecule has 1 saturated heterocycles. The topological polar surface area (TPSA) is 67.9 Å². The zero-order chi connectivity index (χ0) is 17.7. The summed E-state index contributed by atoms with van der Waals surface area (Å²) in [5.74, 6) is 0.947. The molecular weight excluding hydrogens is 364 g/mol. The van der Waals surface area contributed by atoms with Crippen LogP contribution in [0.3, 0.4) is 0 Å². The van der Waals surface area contributed by atoms with E-state index in [0.717, 1.165) is 38.9 Å². The van der Waals surface area contributed by atoms with Crippen molar-refractivity contribution >= 4 is 22.4 Å². The largest absolute Gasteiger partial charge is 0.493 e. The van der Waals surface area contributed by atoms with E-state index < -0.39 is 10.0 Å². The number of halogens is 1. The fourth-order valence-corrected chi connectivity index (χ4v) is 4.67. The zero-order valence-corrected chi connectivity index (χ0v) is 17.0. The number of ether oxygens (including phenoxy) is 2. The molecule has 144 valence electrons. The summed E-state index contributed by atoms with van der Waals surface area (Å²) < 4.78 is 38.9. The highest BCUT2D eigenvalue weighted by Crippen LogP contribution is 2.32. The molecule has 2 rings (SSSR count). The van der Waals surface area contributed by atoms with Gasteiger partial charge in [0.05, 0.1) is 19.1 Å². The van der Waals surface area contributed by atoms with Crippen LogP contribution in [-0.4, -0.2) is 53.2 Å². The highest BCUT2D eigenvalue weighted by Gasteiger charge is 2.26. The Morgan fingerprint density at radius 2 is 1.72 bits per heavy atom. The van der Waals surface area contributed by atoms with E-state index in [1.165, 1.54) is 20.3 Å². The van der Waals surface area contributed by atoms with E-state index in [1.807, 2.05) is 0 Å². The van der Waals surface area contributed by atoms with Crippen molar-refractivity contribution in [1.29, 1.82) is 0 Å². The van der Waals surface area contributed by atoms with Gasteiger partial charge in [-0.3, -0.25) is 0 Å². The quantitative estimate of drug-likeness (QED) is 0.772. The van der Waals surface area contributed by atoms with Crippen molar-refractivity contribution in [3.63, 3.8) is 0 Å². The summed E-state index contributed by atoms with van der Waals surface area (Å²) in [5.41, 5.74) is 0.642. The van der Waals surface area contributed by atoms with Crippen LogP contribution in [0.1, 0.15) is 31.7 Å². The second-order valence-electron chi connectivity index (χ2n) is 6.21. The van der Waals surface area contributed by atoms with E-state index in [4.69, 9.17) is 9.47 Å². The molecule has 0 atom stereocenters. The Balaban J connectivity index is 0.00000312. The fourth-order valence-electron chi connectivity index (χ4n) is 3.13. The lowest BCUT2D eigenvalue weighted by molar-refractivity contribution is 0.208. The lowest BCUT2D eigenvalue weighted by Gasteiger charge is -2.32. The Morgan fingerprint density at radius 1 is 1.16 bits per heavy atom. The Morgan fingerprint density at radius 3 is 2.24 bits per heavy atom. The third kappa shape index (κ3) is 5.48. The van der Waals surface area contributed by atoms with Crippen LogP contribution < -0.4 is 14.2 Å². The van der Waals surface area contributed by atoms with Gasteiger partial charge in [0.1, 0.15) is 0 Å². The third-order valence-corrected chi connectivity index (χ3v) is 6.08. The zero-order valence-electron chi connectivity index (χ0n) is 15.4. The lowest BCUT2D eigenvalue weighted by atomic mass is 10.1. The number of rotatable bonds is 7. The van der Waals surface area contributed by atoms with Crippen molar-refractivity contribution in [2.24, 2.45) is 0 Å². The highest BCUT2D eigenvalue weighted by molar-refractivity contribution is 7.89. The molecule has 1 aliphatic heterocycles. The monoisotopic (exact) mass is 392 g/mol. The minimum Gasteiger partial charge on any atom is -0.493 e. The van der Waals surface area contributed by atoms with Gasteiger partial charge in [-0.2, -0.15) is 0 Å². The number of hydrogen-bond acceptors (Lipinski definition) is 5. The van der Waals surface area contributed by atoms with E-state index >= 15 is 0 Å². The van der Waals surface area contributed by atoms with Crippen molar-refractivity contribution < 1.29 is 17.9 Å². The first kappa shape index (κ1) is 22.0. The van der Waals surface area contributed by atoms with Gasteiger partial charge < -0.3 is 14.4 Å². The molecule has 0 saturated carbocycles. The molecule has 1 aliphatic rings. The number of hydrogen-bond donors (Lipinski definition) is 1. The number of sulfonamides is 1. The van der Waals surface area contributed by atoms with Crippen molar-refractivity contribution in [2.45, 2.75) is 44.0 Å². The second kappa shape index (κ2) is 9.62. The van der Waals surface area contributed by atoms with Crippen LogP contribution in [-0.2, 0) is 10.0 Å². The number of nitrogens with zero attached hydrogens (tertiary/aromatic N) is 1. The van der Waals surface area contributed by atoms with Crippen LogP contribution in [0.15, 0.2) is 17.0 Å². The van der Waals surface area contributed by atoms with Crippen LogP contribution in [0, 0.1) is 6.92 Å². The number of likely N-dealkylation sites (tertiary alicyclic amines) is 1. The summed E-state index contributed by atoms with van der Waals surface area (Å²) >= 11 is 0. The molecule has 8 heteroatoms. The Labute approximate surface area is 157 Å². The van der Waals surface area contributed by atoms with Gasteiger partial charge in [-0.25, -0.2) is 13.1 Å². The van der Waals surface area contributed by atoms with Crippen molar-refractivity contribution in [3.05, 3.63) is 17.7 Å². The molecule has 1 N–H and O–H groups in total. The van der Waals surface area contributed by atoms with E-state index in [2.05, 4.69) is 16.5 Å². The molecule has 6 nitrogen and oxygen atoms in total. The van der Waals surface area contributed by atoms with E-state index in [1.54, 1.807) is 13.0 Å². The number of benzene rings is 1. The van der Waals surface area contributed by atoms with Crippen molar-refractivity contribution in [3.8, 4) is 11.5 Å². The fraction of sp³-hybridized carbons (Fsp3) is 0.647. The highest BCUT2D eigenvalue weighted by atomic mass is 35.5. The van der Waals surface area contributed by atoms with Gasteiger partial charge in [-0.1, -0.05) is 6.92 Å². The van der Waals surface area contributed by atoms with E-state index in [-0.39, 0.29) is 23.3 Å². The van der Waals surface area contributed by atoms with E-state index in [9.17, 15) is 8.42 Å². The summed E-state index contributed by atoms with van der Waals surface area (Å²) in [5, 5.41) is 0. The maximum absolute atomic E-state index is 12.8. The minimum absolute atomic E-state index is 0. The summed E-state index contributed by atoms with van der Waals surface area (Å²) in [6.07, 6.45) is 2.80. The SMILES string of the molecule is CCCN1CCC(NS(=O)(=O)c2cc(OC)c(OC)cc2C)CC1.Cl. The molecule has 0 radical (unpaired) electrons. The van der Waals surface area contributed by atoms with Gasteiger partial charge >= 0.3 is 0 Å². The van der Waals surface area contributed by atoms with Crippen molar-refractivity contribution in [2.75, 3.05) is 33.9 Å². The predicted octanol–water partition coefficient (Wildman–Crippen LogP) is 2.59. The van der Waals surface area contributed by atoms with Gasteiger partial charge in [-0.05, 0) is 57.5 Å². The number of aryl methyl sites for hydroxylation is 1. The molecular formula is C17H29ClN2O4S. The maximum Gasteiger partial charge on any atom is 0.241 e. The molecule has 1 aromatic carbocycles. The van der Waals surface area contributed by atoms with Crippen LogP contribution in [0.5, 0.6) is 11.5 Å². The molecule has 1 fully saturated rings. The smallest absolute Gasteiger partial charge is 0.241 e. The first-order valence-electron chi connectivity index (χ1n) is 8.38. The normalized spacial score (nSPS) is 16.3. The van der Waals surface area contributed by atoms with Gasteiger partial charge in [0.25, 0.3) is 0 Å².